The molecular formula is C15H19N3. The van der Waals surface area contributed by atoms with E-state index in [2.05, 4.69) is 40.6 Å². The van der Waals surface area contributed by atoms with E-state index in [-0.39, 0.29) is 0 Å². The number of hydrogen-bond donors (Lipinski definition) is 1. The summed E-state index contributed by atoms with van der Waals surface area (Å²) in [5.74, 6) is 0.921. The van der Waals surface area contributed by atoms with Crippen LogP contribution in [0.1, 0.15) is 31.9 Å². The highest BCUT2D eigenvalue weighted by atomic mass is 15.2. The van der Waals surface area contributed by atoms with E-state index >= 15 is 0 Å². The molecule has 0 spiro atoms. The van der Waals surface area contributed by atoms with Crippen molar-refractivity contribution >= 4 is 16.6 Å². The molecule has 1 aromatic heterocycles. The van der Waals surface area contributed by atoms with Gasteiger partial charge in [-0.15, -0.1) is 5.10 Å². The Morgan fingerprint density at radius 1 is 1.17 bits per heavy atom. The Labute approximate surface area is 108 Å². The third kappa shape index (κ3) is 1.94. The first-order valence-corrected chi connectivity index (χ1v) is 6.64. The smallest absolute Gasteiger partial charge is 0.156 e. The molecule has 1 aliphatic rings. The van der Waals surface area contributed by atoms with Gasteiger partial charge >= 0.3 is 0 Å². The molecular weight excluding hydrogens is 222 g/mol. The van der Waals surface area contributed by atoms with E-state index in [4.69, 9.17) is 0 Å². The number of benzene rings is 1. The summed E-state index contributed by atoms with van der Waals surface area (Å²) in [4.78, 5) is 0. The second-order valence-electron chi connectivity index (χ2n) is 5.70. The van der Waals surface area contributed by atoms with E-state index in [1.54, 1.807) is 0 Å². The molecule has 94 valence electrons. The fourth-order valence-electron chi connectivity index (χ4n) is 2.62. The fourth-order valence-corrected chi connectivity index (χ4v) is 2.62. The number of aromatic nitrogens is 2. The average Bonchev–Trinajstić information content (AvgIpc) is 2.36. The summed E-state index contributed by atoms with van der Waals surface area (Å²) in [6, 6.07) is 8.33. The van der Waals surface area contributed by atoms with Gasteiger partial charge in [-0.1, -0.05) is 37.6 Å². The normalized spacial score (nSPS) is 17.4. The van der Waals surface area contributed by atoms with Crippen molar-refractivity contribution in [3.05, 3.63) is 30.0 Å². The van der Waals surface area contributed by atoms with Gasteiger partial charge in [-0.25, -0.2) is 0 Å². The van der Waals surface area contributed by atoms with Crippen molar-refractivity contribution in [1.29, 1.82) is 0 Å². The van der Waals surface area contributed by atoms with E-state index in [0.717, 1.165) is 18.1 Å². The van der Waals surface area contributed by atoms with Gasteiger partial charge in [0.05, 0.1) is 5.69 Å². The molecule has 3 rings (SSSR count). The topological polar surface area (TPSA) is 37.8 Å². The fraction of sp³-hybridized carbons (Fsp3) is 0.467. The second kappa shape index (κ2) is 4.23. The molecule has 0 aliphatic heterocycles. The summed E-state index contributed by atoms with van der Waals surface area (Å²) >= 11 is 0. The Hall–Kier alpha value is -1.64. The lowest BCUT2D eigenvalue weighted by molar-refractivity contribution is 0.180. The number of nitrogens with zero attached hydrogens (tertiary/aromatic N) is 2. The minimum atomic E-state index is 0.452. The summed E-state index contributed by atoms with van der Waals surface area (Å²) in [7, 11) is 0. The Morgan fingerprint density at radius 3 is 2.56 bits per heavy atom. The first-order valence-electron chi connectivity index (χ1n) is 6.64. The Balaban J connectivity index is 1.90. The SMILES string of the molecule is Cc1nnc(NCC2(C)CCC2)c2ccccc12. The van der Waals surface area contributed by atoms with Crippen molar-refractivity contribution in [2.45, 2.75) is 33.1 Å². The van der Waals surface area contributed by atoms with Crippen LogP contribution < -0.4 is 5.32 Å². The van der Waals surface area contributed by atoms with E-state index in [0.29, 0.717) is 5.41 Å². The van der Waals surface area contributed by atoms with Crippen molar-refractivity contribution in [3.63, 3.8) is 0 Å². The van der Waals surface area contributed by atoms with Crippen LogP contribution >= 0.6 is 0 Å². The summed E-state index contributed by atoms with van der Waals surface area (Å²) in [5.41, 5.74) is 1.44. The number of nitrogens with one attached hydrogen (secondary N) is 1. The van der Waals surface area contributed by atoms with Crippen molar-refractivity contribution in [3.8, 4) is 0 Å². The molecule has 0 amide bonds. The van der Waals surface area contributed by atoms with Crippen LogP contribution in [0, 0.1) is 12.3 Å². The van der Waals surface area contributed by atoms with Crippen LogP contribution in [0.4, 0.5) is 5.82 Å². The predicted octanol–water partition coefficient (Wildman–Crippen LogP) is 3.54. The van der Waals surface area contributed by atoms with Gasteiger partial charge in [-0.05, 0) is 25.2 Å². The lowest BCUT2D eigenvalue weighted by Gasteiger charge is -2.38. The van der Waals surface area contributed by atoms with Crippen molar-refractivity contribution in [1.82, 2.24) is 10.2 Å². The van der Waals surface area contributed by atoms with Gasteiger partial charge in [0.2, 0.25) is 0 Å². The molecule has 2 aromatic rings. The molecule has 1 aromatic carbocycles. The third-order valence-corrected chi connectivity index (χ3v) is 4.12. The van der Waals surface area contributed by atoms with Crippen molar-refractivity contribution < 1.29 is 0 Å². The van der Waals surface area contributed by atoms with Crippen LogP contribution in [-0.4, -0.2) is 16.7 Å². The highest BCUT2D eigenvalue weighted by molar-refractivity contribution is 5.92. The number of fused-ring (bicyclic) bond motifs is 1. The quantitative estimate of drug-likeness (QED) is 0.893. The molecule has 0 atom stereocenters. The third-order valence-electron chi connectivity index (χ3n) is 4.12. The first-order chi connectivity index (χ1) is 8.68. The van der Waals surface area contributed by atoms with Gasteiger partial charge in [0, 0.05) is 17.3 Å². The molecule has 18 heavy (non-hydrogen) atoms. The lowest BCUT2D eigenvalue weighted by atomic mass is 9.70. The zero-order chi connectivity index (χ0) is 12.6. The Bertz CT molecular complexity index is 573. The van der Waals surface area contributed by atoms with Gasteiger partial charge in [0.15, 0.2) is 5.82 Å². The number of rotatable bonds is 3. The molecule has 3 heteroatoms. The minimum absolute atomic E-state index is 0.452. The summed E-state index contributed by atoms with van der Waals surface area (Å²) in [6.07, 6.45) is 3.99. The molecule has 1 N–H and O–H groups in total. The highest BCUT2D eigenvalue weighted by Crippen LogP contribution is 2.40. The van der Waals surface area contributed by atoms with Gasteiger partial charge in [-0.2, -0.15) is 5.10 Å². The zero-order valence-corrected chi connectivity index (χ0v) is 11.0. The number of hydrogen-bond acceptors (Lipinski definition) is 3. The van der Waals surface area contributed by atoms with Crippen molar-refractivity contribution in [2.75, 3.05) is 11.9 Å². The molecule has 0 unspecified atom stereocenters. The summed E-state index contributed by atoms with van der Waals surface area (Å²) in [5, 5.41) is 14.4. The standard InChI is InChI=1S/C15H19N3/c1-11-12-6-3-4-7-13(12)14(18-17-11)16-10-15(2)8-5-9-15/h3-4,6-7H,5,8-10H2,1-2H3,(H,16,18). The van der Waals surface area contributed by atoms with Crippen LogP contribution in [0.5, 0.6) is 0 Å². The van der Waals surface area contributed by atoms with E-state index in [1.165, 1.54) is 30.0 Å². The zero-order valence-electron chi connectivity index (χ0n) is 11.0. The first kappa shape index (κ1) is 11.5. The molecule has 3 nitrogen and oxygen atoms in total. The maximum absolute atomic E-state index is 4.31. The molecule has 1 fully saturated rings. The molecule has 0 bridgehead atoms. The minimum Gasteiger partial charge on any atom is -0.368 e. The van der Waals surface area contributed by atoms with Gasteiger partial charge < -0.3 is 5.32 Å². The number of aryl methyl sites for hydroxylation is 1. The highest BCUT2D eigenvalue weighted by Gasteiger charge is 2.31. The van der Waals surface area contributed by atoms with Gasteiger partial charge in [0.1, 0.15) is 0 Å². The Morgan fingerprint density at radius 2 is 1.89 bits per heavy atom. The molecule has 0 saturated heterocycles. The largest absolute Gasteiger partial charge is 0.368 e. The van der Waals surface area contributed by atoms with Gasteiger partial charge in [0.25, 0.3) is 0 Å². The van der Waals surface area contributed by atoms with Crippen LogP contribution in [0.3, 0.4) is 0 Å². The number of anilines is 1. The van der Waals surface area contributed by atoms with Crippen LogP contribution in [0.15, 0.2) is 24.3 Å². The maximum Gasteiger partial charge on any atom is 0.156 e. The van der Waals surface area contributed by atoms with Crippen LogP contribution in [0.2, 0.25) is 0 Å². The van der Waals surface area contributed by atoms with E-state index in [1.807, 2.05) is 13.0 Å². The average molecular weight is 241 g/mol. The molecule has 1 heterocycles. The van der Waals surface area contributed by atoms with E-state index in [9.17, 15) is 0 Å². The Kier molecular flexibility index (Phi) is 2.69. The van der Waals surface area contributed by atoms with Gasteiger partial charge in [-0.3, -0.25) is 0 Å². The van der Waals surface area contributed by atoms with Crippen LogP contribution in [0.25, 0.3) is 10.8 Å². The van der Waals surface area contributed by atoms with Crippen LogP contribution in [-0.2, 0) is 0 Å². The predicted molar refractivity (Wildman–Crippen MR) is 74.7 cm³/mol. The summed E-state index contributed by atoms with van der Waals surface area (Å²) in [6.45, 7) is 5.34. The molecule has 1 aliphatic carbocycles. The summed E-state index contributed by atoms with van der Waals surface area (Å²) < 4.78 is 0. The van der Waals surface area contributed by atoms with Crippen molar-refractivity contribution in [2.24, 2.45) is 5.41 Å². The molecule has 1 saturated carbocycles. The monoisotopic (exact) mass is 241 g/mol. The molecule has 0 radical (unpaired) electrons. The lowest BCUT2D eigenvalue weighted by Crippen LogP contribution is -2.33. The van der Waals surface area contributed by atoms with E-state index < -0.39 is 0 Å². The second-order valence-corrected chi connectivity index (χ2v) is 5.70. The maximum atomic E-state index is 4.31.